The molecule has 1 aliphatic rings. The molecule has 15 heavy (non-hydrogen) atoms. The summed E-state index contributed by atoms with van der Waals surface area (Å²) in [7, 11) is 0. The highest BCUT2D eigenvalue weighted by atomic mass is 79.9. The van der Waals surface area contributed by atoms with Crippen LogP contribution in [0.25, 0.3) is 0 Å². The zero-order valence-electron chi connectivity index (χ0n) is 8.60. The summed E-state index contributed by atoms with van der Waals surface area (Å²) in [6.45, 7) is 1.16. The van der Waals surface area contributed by atoms with E-state index in [-0.39, 0.29) is 0 Å². The second kappa shape index (κ2) is 5.33. The van der Waals surface area contributed by atoms with Crippen molar-refractivity contribution in [2.75, 3.05) is 6.54 Å². The van der Waals surface area contributed by atoms with Gasteiger partial charge in [0.25, 0.3) is 0 Å². The SMILES string of the molecule is Clc1cccc(CC2CCCCN2)c1Br. The number of halogens is 2. The molecule has 1 nitrogen and oxygen atoms in total. The van der Waals surface area contributed by atoms with Crippen molar-refractivity contribution >= 4 is 27.5 Å². The van der Waals surface area contributed by atoms with Crippen molar-refractivity contribution in [1.82, 2.24) is 5.32 Å². The average molecular weight is 289 g/mol. The predicted octanol–water partition coefficient (Wildman–Crippen LogP) is 3.79. The molecule has 1 aromatic carbocycles. The lowest BCUT2D eigenvalue weighted by Gasteiger charge is -2.24. The van der Waals surface area contributed by atoms with Crippen molar-refractivity contribution in [3.63, 3.8) is 0 Å². The molecule has 1 aromatic rings. The van der Waals surface area contributed by atoms with Crippen LogP contribution in [-0.2, 0) is 6.42 Å². The molecule has 0 bridgehead atoms. The molecule has 1 aliphatic heterocycles. The van der Waals surface area contributed by atoms with E-state index in [1.165, 1.54) is 24.8 Å². The molecule has 0 radical (unpaired) electrons. The summed E-state index contributed by atoms with van der Waals surface area (Å²) >= 11 is 9.61. The van der Waals surface area contributed by atoms with E-state index >= 15 is 0 Å². The fourth-order valence-electron chi connectivity index (χ4n) is 2.07. The summed E-state index contributed by atoms with van der Waals surface area (Å²) < 4.78 is 1.05. The van der Waals surface area contributed by atoms with E-state index in [9.17, 15) is 0 Å². The quantitative estimate of drug-likeness (QED) is 0.873. The Hall–Kier alpha value is -0.0500. The number of hydrogen-bond acceptors (Lipinski definition) is 1. The fraction of sp³-hybridized carbons (Fsp3) is 0.500. The summed E-state index contributed by atoms with van der Waals surface area (Å²) in [5, 5.41) is 4.36. The lowest BCUT2D eigenvalue weighted by Crippen LogP contribution is -2.35. The lowest BCUT2D eigenvalue weighted by atomic mass is 9.98. The smallest absolute Gasteiger partial charge is 0.0550 e. The van der Waals surface area contributed by atoms with Crippen LogP contribution in [0, 0.1) is 0 Å². The van der Waals surface area contributed by atoms with Gasteiger partial charge in [0.15, 0.2) is 0 Å². The van der Waals surface area contributed by atoms with E-state index in [1.54, 1.807) is 0 Å². The molecule has 0 aromatic heterocycles. The first-order chi connectivity index (χ1) is 7.27. The Morgan fingerprint density at radius 3 is 3.00 bits per heavy atom. The molecule has 2 rings (SSSR count). The zero-order valence-corrected chi connectivity index (χ0v) is 10.9. The maximum Gasteiger partial charge on any atom is 0.0550 e. The first-order valence-electron chi connectivity index (χ1n) is 5.43. The van der Waals surface area contributed by atoms with Crippen molar-refractivity contribution in [1.29, 1.82) is 0 Å². The third kappa shape index (κ3) is 2.96. The van der Waals surface area contributed by atoms with Crippen molar-refractivity contribution in [3.05, 3.63) is 33.3 Å². The van der Waals surface area contributed by atoms with Gasteiger partial charge in [0, 0.05) is 10.5 Å². The van der Waals surface area contributed by atoms with Crippen molar-refractivity contribution < 1.29 is 0 Å². The third-order valence-corrected chi connectivity index (χ3v) is 4.39. The molecule has 0 amide bonds. The lowest BCUT2D eigenvalue weighted by molar-refractivity contribution is 0.399. The first kappa shape index (κ1) is 11.4. The summed E-state index contributed by atoms with van der Waals surface area (Å²) in [5.74, 6) is 0. The molecule has 0 saturated carbocycles. The Morgan fingerprint density at radius 1 is 1.40 bits per heavy atom. The highest BCUT2D eigenvalue weighted by Crippen LogP contribution is 2.27. The second-order valence-corrected chi connectivity index (χ2v) is 5.26. The highest BCUT2D eigenvalue weighted by molar-refractivity contribution is 9.10. The largest absolute Gasteiger partial charge is 0.314 e. The van der Waals surface area contributed by atoms with Gasteiger partial charge in [0.1, 0.15) is 0 Å². The Morgan fingerprint density at radius 2 is 2.27 bits per heavy atom. The second-order valence-electron chi connectivity index (χ2n) is 4.06. The summed E-state index contributed by atoms with van der Waals surface area (Å²) in [6, 6.07) is 6.70. The van der Waals surface area contributed by atoms with Crippen LogP contribution in [0.1, 0.15) is 24.8 Å². The van der Waals surface area contributed by atoms with Crippen LogP contribution in [0.3, 0.4) is 0 Å². The zero-order chi connectivity index (χ0) is 10.7. The number of benzene rings is 1. The van der Waals surface area contributed by atoms with Gasteiger partial charge in [-0.25, -0.2) is 0 Å². The molecule has 82 valence electrons. The molecule has 0 spiro atoms. The van der Waals surface area contributed by atoms with Gasteiger partial charge >= 0.3 is 0 Å². The number of rotatable bonds is 2. The van der Waals surface area contributed by atoms with Gasteiger partial charge in [0.2, 0.25) is 0 Å². The Kier molecular flexibility index (Phi) is 4.06. The minimum Gasteiger partial charge on any atom is -0.314 e. The number of piperidine rings is 1. The highest BCUT2D eigenvalue weighted by Gasteiger charge is 2.14. The van der Waals surface area contributed by atoms with Gasteiger partial charge in [-0.3, -0.25) is 0 Å². The maximum absolute atomic E-state index is 6.06. The standard InChI is InChI=1S/C12H15BrClN/c13-12-9(4-3-6-11(12)14)8-10-5-1-2-7-15-10/h3-4,6,10,15H,1-2,5,7-8H2. The first-order valence-corrected chi connectivity index (χ1v) is 6.61. The van der Waals surface area contributed by atoms with Crippen LogP contribution in [0.2, 0.25) is 5.02 Å². The molecular weight excluding hydrogens is 273 g/mol. The number of hydrogen-bond donors (Lipinski definition) is 1. The summed E-state index contributed by atoms with van der Waals surface area (Å²) in [5.41, 5.74) is 1.31. The Bertz CT molecular complexity index is 334. The van der Waals surface area contributed by atoms with E-state index in [0.29, 0.717) is 6.04 Å². The van der Waals surface area contributed by atoms with Crippen LogP contribution in [0.4, 0.5) is 0 Å². The van der Waals surface area contributed by atoms with E-state index in [4.69, 9.17) is 11.6 Å². The molecule has 1 unspecified atom stereocenters. The Balaban J connectivity index is 2.06. The monoisotopic (exact) mass is 287 g/mol. The molecule has 1 atom stereocenters. The van der Waals surface area contributed by atoms with E-state index in [1.807, 2.05) is 12.1 Å². The van der Waals surface area contributed by atoms with E-state index < -0.39 is 0 Å². The molecule has 1 saturated heterocycles. The van der Waals surface area contributed by atoms with Crippen LogP contribution < -0.4 is 5.32 Å². The minimum atomic E-state index is 0.619. The van der Waals surface area contributed by atoms with Crippen LogP contribution in [0.5, 0.6) is 0 Å². The van der Waals surface area contributed by atoms with Gasteiger partial charge in [-0.1, -0.05) is 30.2 Å². The molecule has 1 N–H and O–H groups in total. The molecule has 3 heteroatoms. The third-order valence-electron chi connectivity index (χ3n) is 2.91. The molecule has 1 heterocycles. The minimum absolute atomic E-state index is 0.619. The van der Waals surface area contributed by atoms with Crippen molar-refractivity contribution in [2.45, 2.75) is 31.7 Å². The predicted molar refractivity (Wildman–Crippen MR) is 68.5 cm³/mol. The fourth-order valence-corrected chi connectivity index (χ4v) is 2.69. The molecule has 0 aliphatic carbocycles. The van der Waals surface area contributed by atoms with Crippen molar-refractivity contribution in [2.24, 2.45) is 0 Å². The normalized spacial score (nSPS) is 21.6. The maximum atomic E-state index is 6.06. The van der Waals surface area contributed by atoms with Gasteiger partial charge in [-0.2, -0.15) is 0 Å². The average Bonchev–Trinajstić information content (AvgIpc) is 2.26. The van der Waals surface area contributed by atoms with Crippen LogP contribution in [-0.4, -0.2) is 12.6 Å². The topological polar surface area (TPSA) is 12.0 Å². The number of nitrogens with one attached hydrogen (secondary N) is 1. The van der Waals surface area contributed by atoms with Crippen molar-refractivity contribution in [3.8, 4) is 0 Å². The molecular formula is C12H15BrClN. The van der Waals surface area contributed by atoms with E-state index in [0.717, 1.165) is 22.5 Å². The van der Waals surface area contributed by atoms with Gasteiger partial charge < -0.3 is 5.32 Å². The van der Waals surface area contributed by atoms with Gasteiger partial charge in [-0.15, -0.1) is 0 Å². The summed E-state index contributed by atoms with van der Waals surface area (Å²) in [6.07, 6.45) is 5.00. The molecule has 1 fully saturated rings. The van der Waals surface area contributed by atoms with Gasteiger partial charge in [0.05, 0.1) is 5.02 Å². The van der Waals surface area contributed by atoms with Crippen LogP contribution >= 0.6 is 27.5 Å². The van der Waals surface area contributed by atoms with E-state index in [2.05, 4.69) is 27.3 Å². The van der Waals surface area contributed by atoms with Crippen LogP contribution in [0.15, 0.2) is 22.7 Å². The Labute approximate surface area is 104 Å². The van der Waals surface area contributed by atoms with Gasteiger partial charge in [-0.05, 0) is 53.4 Å². The summed E-state index contributed by atoms with van der Waals surface area (Å²) in [4.78, 5) is 0.